The zero-order valence-corrected chi connectivity index (χ0v) is 8.87. The largest absolute Gasteiger partial charge is 0.379 e. The monoisotopic (exact) mass is 213 g/mol. The Hall–Kier alpha value is -1.02. The third-order valence-corrected chi connectivity index (χ3v) is 2.19. The van der Waals surface area contributed by atoms with Crippen LogP contribution in [0, 0.1) is 5.82 Å². The minimum absolute atomic E-state index is 0.293. The van der Waals surface area contributed by atoms with Crippen molar-refractivity contribution in [1.82, 2.24) is 0 Å². The van der Waals surface area contributed by atoms with E-state index in [1.807, 2.05) is 6.92 Å². The van der Waals surface area contributed by atoms with Crippen molar-refractivity contribution in [2.24, 2.45) is 0 Å². The van der Waals surface area contributed by atoms with Gasteiger partial charge in [-0.15, -0.1) is 0 Å². The summed E-state index contributed by atoms with van der Waals surface area (Å²) < 4.78 is 13.2. The van der Waals surface area contributed by atoms with Gasteiger partial charge in [-0.3, -0.25) is 0 Å². The molecule has 1 nitrogen and oxygen atoms in total. The molecule has 0 fully saturated rings. The predicted octanol–water partition coefficient (Wildman–Crippen LogP) is 3.86. The molecule has 0 aromatic heterocycles. The Morgan fingerprint density at radius 2 is 2.29 bits per heavy atom. The quantitative estimate of drug-likeness (QED) is 0.749. The van der Waals surface area contributed by atoms with Crippen molar-refractivity contribution in [2.45, 2.75) is 13.3 Å². The van der Waals surface area contributed by atoms with E-state index >= 15 is 0 Å². The van der Waals surface area contributed by atoms with Crippen LogP contribution in [0.2, 0.25) is 5.02 Å². The Labute approximate surface area is 88.6 Å². The highest BCUT2D eigenvalue weighted by molar-refractivity contribution is 6.30. The molecule has 0 heterocycles. The fourth-order valence-corrected chi connectivity index (χ4v) is 1.15. The molecule has 0 aliphatic heterocycles. The van der Waals surface area contributed by atoms with Crippen LogP contribution in [0.4, 0.5) is 10.1 Å². The van der Waals surface area contributed by atoms with Gasteiger partial charge in [0.05, 0.1) is 5.69 Å². The Morgan fingerprint density at radius 1 is 1.57 bits per heavy atom. The van der Waals surface area contributed by atoms with Crippen LogP contribution in [0.1, 0.15) is 13.3 Å². The summed E-state index contributed by atoms with van der Waals surface area (Å²) in [5.74, 6) is -0.293. The van der Waals surface area contributed by atoms with Gasteiger partial charge in [0.25, 0.3) is 0 Å². The zero-order chi connectivity index (χ0) is 10.6. The van der Waals surface area contributed by atoms with Gasteiger partial charge < -0.3 is 5.32 Å². The first-order valence-electron chi connectivity index (χ1n) is 4.49. The van der Waals surface area contributed by atoms with E-state index in [0.29, 0.717) is 17.3 Å². The van der Waals surface area contributed by atoms with E-state index in [4.69, 9.17) is 11.6 Å². The van der Waals surface area contributed by atoms with Gasteiger partial charge in [-0.2, -0.15) is 0 Å². The van der Waals surface area contributed by atoms with Gasteiger partial charge in [0.2, 0.25) is 0 Å². The smallest absolute Gasteiger partial charge is 0.146 e. The number of hydrogen-bond acceptors (Lipinski definition) is 1. The number of benzene rings is 1. The molecule has 3 heteroatoms. The molecule has 1 aromatic rings. The van der Waals surface area contributed by atoms with Crippen LogP contribution in [0.3, 0.4) is 0 Å². The second-order valence-electron chi connectivity index (χ2n) is 3.08. The summed E-state index contributed by atoms with van der Waals surface area (Å²) in [6.07, 6.45) is 0.884. The Balaban J connectivity index is 2.66. The van der Waals surface area contributed by atoms with E-state index in [-0.39, 0.29) is 5.82 Å². The first kappa shape index (κ1) is 11.1. The van der Waals surface area contributed by atoms with E-state index in [1.165, 1.54) is 12.1 Å². The van der Waals surface area contributed by atoms with Crippen LogP contribution in [0.5, 0.6) is 0 Å². The van der Waals surface area contributed by atoms with Gasteiger partial charge in [-0.25, -0.2) is 4.39 Å². The van der Waals surface area contributed by atoms with Crippen molar-refractivity contribution < 1.29 is 4.39 Å². The van der Waals surface area contributed by atoms with Crippen LogP contribution < -0.4 is 5.32 Å². The number of halogens is 2. The molecule has 1 aromatic carbocycles. The van der Waals surface area contributed by atoms with Crippen molar-refractivity contribution in [3.05, 3.63) is 41.2 Å². The fraction of sp³-hybridized carbons (Fsp3) is 0.273. The highest BCUT2D eigenvalue weighted by atomic mass is 35.5. The van der Waals surface area contributed by atoms with E-state index in [9.17, 15) is 4.39 Å². The van der Waals surface area contributed by atoms with E-state index in [0.717, 1.165) is 12.0 Å². The summed E-state index contributed by atoms with van der Waals surface area (Å²) in [6.45, 7) is 6.41. The van der Waals surface area contributed by atoms with Crippen LogP contribution in [-0.2, 0) is 0 Å². The van der Waals surface area contributed by atoms with Crippen LogP contribution >= 0.6 is 11.6 Å². The van der Waals surface area contributed by atoms with Crippen molar-refractivity contribution in [1.29, 1.82) is 0 Å². The third kappa shape index (κ3) is 3.04. The Kier molecular flexibility index (Phi) is 3.96. The number of anilines is 1. The van der Waals surface area contributed by atoms with Crippen molar-refractivity contribution >= 4 is 17.3 Å². The van der Waals surface area contributed by atoms with Crippen molar-refractivity contribution in [2.75, 3.05) is 11.9 Å². The average molecular weight is 214 g/mol. The first-order valence-corrected chi connectivity index (χ1v) is 4.87. The predicted molar refractivity (Wildman–Crippen MR) is 59.3 cm³/mol. The molecule has 0 bridgehead atoms. The molecule has 0 aliphatic carbocycles. The summed E-state index contributed by atoms with van der Waals surface area (Å²) in [7, 11) is 0. The van der Waals surface area contributed by atoms with Crippen molar-refractivity contribution in [3.63, 3.8) is 0 Å². The number of hydrogen-bond donors (Lipinski definition) is 1. The maximum atomic E-state index is 13.2. The molecule has 0 saturated heterocycles. The molecule has 0 aliphatic rings. The molecule has 0 unspecified atom stereocenters. The molecule has 1 N–H and O–H groups in total. The maximum Gasteiger partial charge on any atom is 0.146 e. The van der Waals surface area contributed by atoms with Crippen molar-refractivity contribution in [3.8, 4) is 0 Å². The minimum atomic E-state index is -0.293. The van der Waals surface area contributed by atoms with Gasteiger partial charge in [0, 0.05) is 11.6 Å². The fourth-order valence-electron chi connectivity index (χ4n) is 0.978. The van der Waals surface area contributed by atoms with E-state index < -0.39 is 0 Å². The molecule has 0 amide bonds. The molecule has 0 radical (unpaired) electrons. The summed E-state index contributed by atoms with van der Waals surface area (Å²) in [6, 6.07) is 4.44. The van der Waals surface area contributed by atoms with Gasteiger partial charge >= 0.3 is 0 Å². The van der Waals surface area contributed by atoms with E-state index in [1.54, 1.807) is 6.07 Å². The van der Waals surface area contributed by atoms with Gasteiger partial charge in [0.1, 0.15) is 5.82 Å². The molecule has 0 spiro atoms. The molecular weight excluding hydrogens is 201 g/mol. The first-order chi connectivity index (χ1) is 6.63. The minimum Gasteiger partial charge on any atom is -0.379 e. The van der Waals surface area contributed by atoms with Gasteiger partial charge in [-0.05, 0) is 24.6 Å². The number of rotatable bonds is 4. The van der Waals surface area contributed by atoms with Crippen LogP contribution in [0.25, 0.3) is 0 Å². The van der Waals surface area contributed by atoms with Gasteiger partial charge in [-0.1, -0.05) is 30.7 Å². The van der Waals surface area contributed by atoms with Crippen LogP contribution in [-0.4, -0.2) is 6.54 Å². The standard InChI is InChI=1S/C11H13ClFN/c1-3-8(2)7-14-11-6-9(12)4-5-10(11)13/h4-6,14H,2-3,7H2,1H3. The summed E-state index contributed by atoms with van der Waals surface area (Å²) >= 11 is 5.74. The molecule has 14 heavy (non-hydrogen) atoms. The lowest BCUT2D eigenvalue weighted by atomic mass is 10.2. The topological polar surface area (TPSA) is 12.0 Å². The highest BCUT2D eigenvalue weighted by Crippen LogP contribution is 2.19. The molecule has 0 atom stereocenters. The average Bonchev–Trinajstić information content (AvgIpc) is 2.19. The van der Waals surface area contributed by atoms with Crippen LogP contribution in [0.15, 0.2) is 30.4 Å². The molecular formula is C11H13ClFN. The maximum absolute atomic E-state index is 13.2. The lowest BCUT2D eigenvalue weighted by Gasteiger charge is -2.08. The summed E-state index contributed by atoms with van der Waals surface area (Å²) in [5, 5.41) is 3.47. The van der Waals surface area contributed by atoms with Gasteiger partial charge in [0.15, 0.2) is 0 Å². The molecule has 1 rings (SSSR count). The SMILES string of the molecule is C=C(CC)CNc1cc(Cl)ccc1F. The zero-order valence-electron chi connectivity index (χ0n) is 8.11. The highest BCUT2D eigenvalue weighted by Gasteiger charge is 2.01. The summed E-state index contributed by atoms with van der Waals surface area (Å²) in [4.78, 5) is 0. The molecule has 0 saturated carbocycles. The third-order valence-electron chi connectivity index (χ3n) is 1.96. The lowest BCUT2D eigenvalue weighted by molar-refractivity contribution is 0.630. The Bertz CT molecular complexity index is 336. The summed E-state index contributed by atoms with van der Waals surface area (Å²) in [5.41, 5.74) is 1.46. The second-order valence-corrected chi connectivity index (χ2v) is 3.52. The normalized spacial score (nSPS) is 9.93. The van der Waals surface area contributed by atoms with E-state index in [2.05, 4.69) is 11.9 Å². The number of nitrogens with one attached hydrogen (secondary N) is 1. The lowest BCUT2D eigenvalue weighted by Crippen LogP contribution is -2.04. The Morgan fingerprint density at radius 3 is 2.93 bits per heavy atom. The molecule has 76 valence electrons. The second kappa shape index (κ2) is 5.01.